The number of benzene rings is 3. The second-order valence-electron chi connectivity index (χ2n) is 11.5. The van der Waals surface area contributed by atoms with Gasteiger partial charge in [-0.2, -0.15) is 13.2 Å². The number of carbonyl (C=O) groups excluding carboxylic acids is 1. The summed E-state index contributed by atoms with van der Waals surface area (Å²) in [4.78, 5) is 43.6. The monoisotopic (exact) mass is 637 g/mol. The number of piperazine rings is 1. The number of aromatic nitrogens is 2. The van der Waals surface area contributed by atoms with Crippen molar-refractivity contribution in [2.24, 2.45) is 5.73 Å². The predicted octanol–water partition coefficient (Wildman–Crippen LogP) is 4.75. The van der Waals surface area contributed by atoms with E-state index in [0.717, 1.165) is 32.9 Å². The number of alkyl halides is 3. The second-order valence-corrected chi connectivity index (χ2v) is 11.5. The molecule has 2 N–H and O–H groups in total. The highest BCUT2D eigenvalue weighted by atomic mass is 19.4. The molecule has 1 aliphatic heterocycles. The quantitative estimate of drug-likeness (QED) is 0.211. The SMILES string of the molecule is CC(=O)c1cccc(CN2CCN(c3c(C)n(Cc4c(F)cccc4C(F)(F)F)c(=O)n(CC(N)c4ccccc4)c3=O)CC2)c1. The van der Waals surface area contributed by atoms with E-state index in [-0.39, 0.29) is 23.7 Å². The van der Waals surface area contributed by atoms with Crippen LogP contribution in [0.4, 0.5) is 23.2 Å². The van der Waals surface area contributed by atoms with E-state index in [9.17, 15) is 31.9 Å². The van der Waals surface area contributed by atoms with Crippen LogP contribution in [0.3, 0.4) is 0 Å². The molecule has 0 aliphatic carbocycles. The topological polar surface area (TPSA) is 93.6 Å². The molecule has 3 aromatic carbocycles. The van der Waals surface area contributed by atoms with Gasteiger partial charge in [-0.1, -0.05) is 54.6 Å². The molecule has 1 aromatic heterocycles. The number of halogens is 4. The lowest BCUT2D eigenvalue weighted by Gasteiger charge is -2.37. The summed E-state index contributed by atoms with van der Waals surface area (Å²) < 4.78 is 58.6. The number of carbonyl (C=O) groups is 1. The Morgan fingerprint density at radius 3 is 2.22 bits per heavy atom. The predicted molar refractivity (Wildman–Crippen MR) is 168 cm³/mol. The van der Waals surface area contributed by atoms with Gasteiger partial charge in [0.25, 0.3) is 5.56 Å². The largest absolute Gasteiger partial charge is 0.416 e. The van der Waals surface area contributed by atoms with Crippen LogP contribution in [0.25, 0.3) is 0 Å². The third-order valence-corrected chi connectivity index (χ3v) is 8.43. The van der Waals surface area contributed by atoms with Crippen molar-refractivity contribution in [2.75, 3.05) is 31.1 Å². The standard InChI is InChI=1S/C34H35F4N5O3/c1-22-31(41-16-14-40(15-17-41)19-24-8-6-11-26(18-24)23(2)44)32(45)43(21-30(39)25-9-4-3-5-10-25)33(46)42(22)20-27-28(34(36,37)38)12-7-13-29(27)35/h3-13,18,30H,14-17,19-21,39H2,1-2H3. The van der Waals surface area contributed by atoms with E-state index in [0.29, 0.717) is 43.9 Å². The summed E-state index contributed by atoms with van der Waals surface area (Å²) >= 11 is 0. The first-order chi connectivity index (χ1) is 21.8. The van der Waals surface area contributed by atoms with Gasteiger partial charge in [-0.3, -0.25) is 23.6 Å². The van der Waals surface area contributed by atoms with E-state index >= 15 is 0 Å². The lowest BCUT2D eigenvalue weighted by molar-refractivity contribution is -0.138. The number of anilines is 1. The summed E-state index contributed by atoms with van der Waals surface area (Å²) in [5.41, 5.74) is 5.57. The van der Waals surface area contributed by atoms with Gasteiger partial charge < -0.3 is 10.6 Å². The third-order valence-electron chi connectivity index (χ3n) is 8.43. The van der Waals surface area contributed by atoms with Crippen molar-refractivity contribution in [1.82, 2.24) is 14.0 Å². The minimum Gasteiger partial charge on any atom is -0.363 e. The summed E-state index contributed by atoms with van der Waals surface area (Å²) in [6.45, 7) is 4.48. The van der Waals surface area contributed by atoms with Crippen LogP contribution in [0.5, 0.6) is 0 Å². The Balaban J connectivity index is 1.52. The van der Waals surface area contributed by atoms with Crippen LogP contribution in [0, 0.1) is 12.7 Å². The molecule has 12 heteroatoms. The number of rotatable bonds is 9. The molecule has 4 aromatic rings. The summed E-state index contributed by atoms with van der Waals surface area (Å²) in [5.74, 6) is -1.14. The van der Waals surface area contributed by atoms with Crippen LogP contribution in [-0.2, 0) is 25.8 Å². The van der Waals surface area contributed by atoms with Crippen molar-refractivity contribution in [2.45, 2.75) is 45.7 Å². The lowest BCUT2D eigenvalue weighted by Crippen LogP contribution is -2.51. The maximum absolute atomic E-state index is 14.9. The first-order valence-electron chi connectivity index (χ1n) is 14.9. The number of hydrogen-bond acceptors (Lipinski definition) is 6. The number of nitrogens with zero attached hydrogens (tertiary/aromatic N) is 4. The molecule has 2 heterocycles. The molecule has 0 saturated carbocycles. The molecule has 242 valence electrons. The zero-order chi connectivity index (χ0) is 33.2. The van der Waals surface area contributed by atoms with Gasteiger partial charge in [-0.15, -0.1) is 0 Å². The van der Waals surface area contributed by atoms with Crippen LogP contribution < -0.4 is 21.9 Å². The fraction of sp³-hybridized carbons (Fsp3) is 0.324. The molecular weight excluding hydrogens is 602 g/mol. The highest BCUT2D eigenvalue weighted by molar-refractivity contribution is 5.94. The maximum Gasteiger partial charge on any atom is 0.416 e. The molecule has 1 unspecified atom stereocenters. The number of hydrogen-bond donors (Lipinski definition) is 1. The summed E-state index contributed by atoms with van der Waals surface area (Å²) in [7, 11) is 0. The second kappa shape index (κ2) is 13.4. The van der Waals surface area contributed by atoms with Gasteiger partial charge in [0.1, 0.15) is 11.5 Å². The Morgan fingerprint density at radius 2 is 1.57 bits per heavy atom. The highest BCUT2D eigenvalue weighted by Gasteiger charge is 2.35. The number of nitrogens with two attached hydrogens (primary N) is 1. The molecule has 0 radical (unpaired) electrons. The zero-order valence-corrected chi connectivity index (χ0v) is 25.6. The number of ketones is 1. The molecule has 8 nitrogen and oxygen atoms in total. The van der Waals surface area contributed by atoms with E-state index in [2.05, 4.69) is 4.90 Å². The van der Waals surface area contributed by atoms with Crippen LogP contribution in [-0.4, -0.2) is 46.0 Å². The first kappa shape index (κ1) is 32.8. The van der Waals surface area contributed by atoms with Crippen LogP contribution >= 0.6 is 0 Å². The molecule has 0 bridgehead atoms. The van der Waals surface area contributed by atoms with E-state index in [1.165, 1.54) is 13.8 Å². The van der Waals surface area contributed by atoms with Crippen molar-refractivity contribution in [3.63, 3.8) is 0 Å². The maximum atomic E-state index is 14.9. The van der Waals surface area contributed by atoms with Crippen molar-refractivity contribution in [3.05, 3.63) is 133 Å². The molecule has 1 atom stereocenters. The molecular formula is C34H35F4N5O3. The Kier molecular flexibility index (Phi) is 9.59. The summed E-state index contributed by atoms with van der Waals surface area (Å²) in [6.07, 6.45) is -4.86. The van der Waals surface area contributed by atoms with E-state index in [4.69, 9.17) is 5.73 Å². The average Bonchev–Trinajstić information content (AvgIpc) is 3.02. The van der Waals surface area contributed by atoms with Gasteiger partial charge in [0, 0.05) is 55.6 Å². The van der Waals surface area contributed by atoms with E-state index < -0.39 is 47.0 Å². The van der Waals surface area contributed by atoms with Crippen molar-refractivity contribution in [3.8, 4) is 0 Å². The minimum absolute atomic E-state index is 0.0294. The molecule has 46 heavy (non-hydrogen) atoms. The molecule has 0 amide bonds. The Hall–Kier alpha value is -4.55. The molecule has 1 aliphatic rings. The fourth-order valence-corrected chi connectivity index (χ4v) is 5.92. The Labute approximate surface area is 263 Å². The van der Waals surface area contributed by atoms with Crippen LogP contribution in [0.15, 0.2) is 82.4 Å². The van der Waals surface area contributed by atoms with Crippen LogP contribution in [0.2, 0.25) is 0 Å². The molecule has 1 fully saturated rings. The van der Waals surface area contributed by atoms with Gasteiger partial charge in [-0.25, -0.2) is 9.18 Å². The van der Waals surface area contributed by atoms with Crippen molar-refractivity contribution < 1.29 is 22.4 Å². The molecule has 1 saturated heterocycles. The summed E-state index contributed by atoms with van der Waals surface area (Å²) in [5, 5.41) is 0. The van der Waals surface area contributed by atoms with Crippen LogP contribution in [0.1, 0.15) is 51.3 Å². The molecule has 5 rings (SSSR count). The number of Topliss-reactive ketones (excluding diaryl/α,β-unsaturated/α-hetero) is 1. The van der Waals surface area contributed by atoms with Gasteiger partial charge in [0.05, 0.1) is 18.7 Å². The first-order valence-corrected chi connectivity index (χ1v) is 14.9. The normalized spacial score (nSPS) is 14.8. The van der Waals surface area contributed by atoms with Gasteiger partial charge in [0.2, 0.25) is 0 Å². The van der Waals surface area contributed by atoms with Gasteiger partial charge in [0.15, 0.2) is 5.78 Å². The lowest BCUT2D eigenvalue weighted by atomic mass is 10.1. The highest BCUT2D eigenvalue weighted by Crippen LogP contribution is 2.33. The smallest absolute Gasteiger partial charge is 0.363 e. The van der Waals surface area contributed by atoms with E-state index in [1.807, 2.05) is 23.1 Å². The Morgan fingerprint density at radius 1 is 0.891 bits per heavy atom. The minimum atomic E-state index is -4.86. The van der Waals surface area contributed by atoms with E-state index in [1.54, 1.807) is 36.4 Å². The fourth-order valence-electron chi connectivity index (χ4n) is 5.92. The van der Waals surface area contributed by atoms with Crippen molar-refractivity contribution >= 4 is 11.5 Å². The van der Waals surface area contributed by atoms with Gasteiger partial charge >= 0.3 is 11.9 Å². The van der Waals surface area contributed by atoms with Crippen molar-refractivity contribution in [1.29, 1.82) is 0 Å². The Bertz CT molecular complexity index is 1840. The zero-order valence-electron chi connectivity index (χ0n) is 25.6. The van der Waals surface area contributed by atoms with Gasteiger partial charge in [-0.05, 0) is 43.2 Å². The average molecular weight is 638 g/mol. The molecule has 0 spiro atoms. The summed E-state index contributed by atoms with van der Waals surface area (Å²) in [6, 6.07) is 18.1. The third kappa shape index (κ3) is 6.97.